The highest BCUT2D eigenvalue weighted by atomic mass is 35.5. The average molecular weight is 459 g/mol. The number of hydrogen-bond donors (Lipinski definition) is 0. The number of aryl methyl sites for hydroxylation is 1. The van der Waals surface area contributed by atoms with Gasteiger partial charge in [0.25, 0.3) is 0 Å². The van der Waals surface area contributed by atoms with Crippen LogP contribution in [0.3, 0.4) is 0 Å². The molecule has 4 fully saturated rings. The molecule has 6 heteroatoms. The van der Waals surface area contributed by atoms with E-state index in [4.69, 9.17) is 11.6 Å². The fourth-order valence-corrected chi connectivity index (χ4v) is 6.91. The molecule has 0 radical (unpaired) electrons. The van der Waals surface area contributed by atoms with Gasteiger partial charge < -0.3 is 0 Å². The van der Waals surface area contributed by atoms with E-state index in [1.807, 2.05) is 19.1 Å². The lowest BCUT2D eigenvalue weighted by Crippen LogP contribution is -2.40. The molecule has 1 aliphatic heterocycles. The number of rotatable bonds is 4. The molecule has 2 amide bonds. The summed E-state index contributed by atoms with van der Waals surface area (Å²) >= 11 is 6.09. The summed E-state index contributed by atoms with van der Waals surface area (Å²) in [5, 5.41) is 0.658. The van der Waals surface area contributed by atoms with Crippen molar-refractivity contribution >= 4 is 35.0 Å². The maximum absolute atomic E-state index is 13.3. The van der Waals surface area contributed by atoms with Crippen LogP contribution in [0, 0.1) is 48.3 Å². The molecule has 33 heavy (non-hydrogen) atoms. The molecule has 8 unspecified atom stereocenters. The largest absolute Gasteiger partial charge is 0.294 e. The van der Waals surface area contributed by atoms with Crippen LogP contribution in [-0.2, 0) is 9.59 Å². The van der Waals surface area contributed by atoms with E-state index in [2.05, 4.69) is 17.1 Å². The molecular formula is C27H23ClN2O3. The zero-order valence-electron chi connectivity index (χ0n) is 18.1. The third-order valence-electron chi connectivity index (χ3n) is 8.66. The Morgan fingerprint density at radius 2 is 1.70 bits per heavy atom. The van der Waals surface area contributed by atoms with Crippen LogP contribution in [0.1, 0.15) is 40.2 Å². The molecule has 8 rings (SSSR count). The maximum Gasteiger partial charge on any atom is 0.239 e. The smallest absolute Gasteiger partial charge is 0.239 e. The minimum absolute atomic E-state index is 0.0652. The number of anilines is 1. The molecule has 3 saturated carbocycles. The summed E-state index contributed by atoms with van der Waals surface area (Å²) in [4.78, 5) is 45.2. The van der Waals surface area contributed by atoms with Crippen LogP contribution in [0.2, 0.25) is 5.02 Å². The first-order valence-electron chi connectivity index (χ1n) is 11.8. The molecule has 5 aliphatic carbocycles. The van der Waals surface area contributed by atoms with Crippen LogP contribution in [0.4, 0.5) is 5.82 Å². The van der Waals surface area contributed by atoms with Crippen LogP contribution in [0.15, 0.2) is 48.7 Å². The predicted molar refractivity (Wildman–Crippen MR) is 123 cm³/mol. The van der Waals surface area contributed by atoms with Gasteiger partial charge in [0.15, 0.2) is 5.78 Å². The molecule has 2 bridgehead atoms. The van der Waals surface area contributed by atoms with Gasteiger partial charge in [-0.2, -0.15) is 0 Å². The van der Waals surface area contributed by atoms with Gasteiger partial charge in [-0.3, -0.25) is 14.4 Å². The van der Waals surface area contributed by atoms with Gasteiger partial charge in [-0.05, 0) is 84.7 Å². The first kappa shape index (κ1) is 19.7. The number of Topliss-reactive ketones (excluding diaryl/α,β-unsaturated/α-hetero) is 1. The number of pyridine rings is 1. The molecule has 0 N–H and O–H groups in total. The molecular weight excluding hydrogens is 436 g/mol. The number of allylic oxidation sites excluding steroid dienone is 2. The minimum Gasteiger partial charge on any atom is -0.294 e. The summed E-state index contributed by atoms with van der Waals surface area (Å²) in [6.45, 7) is 1.90. The van der Waals surface area contributed by atoms with Crippen LogP contribution in [0.25, 0.3) is 0 Å². The van der Waals surface area contributed by atoms with Crippen LogP contribution in [-0.4, -0.2) is 22.6 Å². The number of aromatic nitrogens is 1. The molecule has 6 aliphatic rings. The standard InChI is InChI=1S/C27H23ClN2O3/c1-12-8-13(2-6-21(12)28)25(31)20-9-17(20)14-3-7-22(29-11-14)30-26(32)23-15-4-5-16(19-10-18(15)19)24(23)27(30)33/h2-8,11,15-20,23-24H,9-10H2,1H3. The van der Waals surface area contributed by atoms with Gasteiger partial charge in [-0.25, -0.2) is 9.88 Å². The number of amides is 2. The fourth-order valence-electron chi connectivity index (χ4n) is 6.80. The zero-order valence-corrected chi connectivity index (χ0v) is 18.9. The van der Waals surface area contributed by atoms with E-state index in [-0.39, 0.29) is 53.1 Å². The normalized spacial score (nSPS) is 37.2. The molecule has 1 aromatic heterocycles. The first-order chi connectivity index (χ1) is 15.9. The zero-order chi connectivity index (χ0) is 22.6. The van der Waals surface area contributed by atoms with Gasteiger partial charge in [0.2, 0.25) is 11.8 Å². The van der Waals surface area contributed by atoms with Gasteiger partial charge in [-0.1, -0.05) is 29.8 Å². The van der Waals surface area contributed by atoms with E-state index in [9.17, 15) is 14.4 Å². The molecule has 2 aromatic rings. The Bertz CT molecular complexity index is 1230. The highest BCUT2D eigenvalue weighted by molar-refractivity contribution is 6.31. The predicted octanol–water partition coefficient (Wildman–Crippen LogP) is 4.59. The maximum atomic E-state index is 13.3. The number of benzene rings is 1. The summed E-state index contributed by atoms with van der Waals surface area (Å²) in [6.07, 6.45) is 8.02. The van der Waals surface area contributed by atoms with Crippen molar-refractivity contribution in [3.8, 4) is 0 Å². The Morgan fingerprint density at radius 1 is 1.00 bits per heavy atom. The highest BCUT2D eigenvalue weighted by Crippen LogP contribution is 2.65. The van der Waals surface area contributed by atoms with Gasteiger partial charge in [0.1, 0.15) is 5.82 Å². The summed E-state index contributed by atoms with van der Waals surface area (Å²) in [5.41, 5.74) is 2.56. The van der Waals surface area contributed by atoms with Crippen LogP contribution >= 0.6 is 11.6 Å². The molecule has 1 saturated heterocycles. The quantitative estimate of drug-likeness (QED) is 0.382. The van der Waals surface area contributed by atoms with Crippen molar-refractivity contribution in [2.24, 2.45) is 41.4 Å². The fraction of sp³-hybridized carbons (Fsp3) is 0.407. The van der Waals surface area contributed by atoms with E-state index < -0.39 is 0 Å². The van der Waals surface area contributed by atoms with Crippen LogP contribution < -0.4 is 4.90 Å². The SMILES string of the molecule is Cc1cc(C(=O)C2CC2c2ccc(N3C(=O)C4C5C=CC(C6CC56)C4C3=O)nc2)ccc1Cl. The Hall–Kier alpha value is -2.79. The lowest BCUT2D eigenvalue weighted by molar-refractivity contribution is -0.124. The second-order valence-electron chi connectivity index (χ2n) is 10.4. The van der Waals surface area contributed by atoms with Crippen molar-refractivity contribution in [2.75, 3.05) is 4.90 Å². The molecule has 166 valence electrons. The lowest BCUT2D eigenvalue weighted by atomic mass is 9.63. The number of hydrogen-bond acceptors (Lipinski definition) is 4. The van der Waals surface area contributed by atoms with Crippen molar-refractivity contribution in [3.05, 3.63) is 70.4 Å². The van der Waals surface area contributed by atoms with Crippen molar-refractivity contribution in [2.45, 2.75) is 25.7 Å². The summed E-state index contributed by atoms with van der Waals surface area (Å²) < 4.78 is 0. The molecule has 8 atom stereocenters. The highest BCUT2D eigenvalue weighted by Gasteiger charge is 2.67. The van der Waals surface area contributed by atoms with Crippen molar-refractivity contribution < 1.29 is 14.4 Å². The second kappa shape index (κ2) is 6.63. The van der Waals surface area contributed by atoms with E-state index in [1.165, 1.54) is 4.90 Å². The Kier molecular flexibility index (Phi) is 3.95. The number of imide groups is 1. The number of halogens is 1. The van der Waals surface area contributed by atoms with Crippen LogP contribution in [0.5, 0.6) is 0 Å². The van der Waals surface area contributed by atoms with Gasteiger partial charge >= 0.3 is 0 Å². The first-order valence-corrected chi connectivity index (χ1v) is 12.1. The van der Waals surface area contributed by atoms with E-state index in [1.54, 1.807) is 24.4 Å². The van der Waals surface area contributed by atoms with Gasteiger partial charge in [0, 0.05) is 22.7 Å². The van der Waals surface area contributed by atoms with Crippen molar-refractivity contribution in [3.63, 3.8) is 0 Å². The van der Waals surface area contributed by atoms with Gasteiger partial charge in [-0.15, -0.1) is 0 Å². The third-order valence-corrected chi connectivity index (χ3v) is 9.08. The molecule has 1 aromatic carbocycles. The number of nitrogens with zero attached hydrogens (tertiary/aromatic N) is 2. The molecule has 0 spiro atoms. The Balaban J connectivity index is 1.09. The molecule has 2 heterocycles. The molecule has 5 nitrogen and oxygen atoms in total. The van der Waals surface area contributed by atoms with E-state index in [0.29, 0.717) is 28.2 Å². The third kappa shape index (κ3) is 2.72. The summed E-state index contributed by atoms with van der Waals surface area (Å²) in [6, 6.07) is 9.08. The number of carbonyl (C=O) groups excluding carboxylic acids is 3. The topological polar surface area (TPSA) is 67.3 Å². The van der Waals surface area contributed by atoms with Crippen molar-refractivity contribution in [1.82, 2.24) is 4.98 Å². The van der Waals surface area contributed by atoms with Crippen molar-refractivity contribution in [1.29, 1.82) is 0 Å². The van der Waals surface area contributed by atoms with Gasteiger partial charge in [0.05, 0.1) is 11.8 Å². The second-order valence-corrected chi connectivity index (χ2v) is 10.8. The summed E-state index contributed by atoms with van der Waals surface area (Å²) in [5.74, 6) is 1.56. The Labute approximate surface area is 196 Å². The minimum atomic E-state index is -0.217. The van der Waals surface area contributed by atoms with E-state index >= 15 is 0 Å². The number of ketones is 1. The van der Waals surface area contributed by atoms with E-state index in [0.717, 1.165) is 24.0 Å². The summed E-state index contributed by atoms with van der Waals surface area (Å²) in [7, 11) is 0. The average Bonchev–Trinajstić information content (AvgIpc) is 3.74. The Morgan fingerprint density at radius 3 is 2.30 bits per heavy atom. The monoisotopic (exact) mass is 458 g/mol. The number of carbonyl (C=O) groups is 3. The lowest BCUT2D eigenvalue weighted by Gasteiger charge is -2.37.